The van der Waals surface area contributed by atoms with E-state index in [4.69, 9.17) is 5.73 Å². The van der Waals surface area contributed by atoms with E-state index in [-0.39, 0.29) is 6.04 Å². The molecule has 0 saturated carbocycles. The van der Waals surface area contributed by atoms with Gasteiger partial charge in [-0.15, -0.1) is 11.3 Å². The van der Waals surface area contributed by atoms with Gasteiger partial charge in [0.05, 0.1) is 6.04 Å². The van der Waals surface area contributed by atoms with Crippen LogP contribution in [0.25, 0.3) is 0 Å². The maximum absolute atomic E-state index is 6.22. The highest BCUT2D eigenvalue weighted by Crippen LogP contribution is 2.31. The number of rotatable bonds is 7. The highest BCUT2D eigenvalue weighted by molar-refractivity contribution is 7.10. The molecule has 0 amide bonds. The third-order valence-electron chi connectivity index (χ3n) is 3.08. The van der Waals surface area contributed by atoms with Crippen LogP contribution in [0, 0.1) is 6.92 Å². The summed E-state index contributed by atoms with van der Waals surface area (Å²) in [5, 5.41) is 2.18. The summed E-state index contributed by atoms with van der Waals surface area (Å²) in [5.74, 6) is 0. The lowest BCUT2D eigenvalue weighted by molar-refractivity contribution is 0.179. The monoisotopic (exact) mass is 254 g/mol. The zero-order valence-electron chi connectivity index (χ0n) is 11.6. The van der Waals surface area contributed by atoms with Crippen molar-refractivity contribution in [3.05, 3.63) is 21.9 Å². The lowest BCUT2D eigenvalue weighted by Gasteiger charge is -2.34. The number of nitrogens with two attached hydrogens (primary N) is 1. The molecule has 0 fully saturated rings. The summed E-state index contributed by atoms with van der Waals surface area (Å²) in [4.78, 5) is 3.99. The predicted octanol–water partition coefficient (Wildman–Crippen LogP) is 3.57. The number of nitrogens with zero attached hydrogens (tertiary/aromatic N) is 1. The molecule has 0 bridgehead atoms. The predicted molar refractivity (Wildman–Crippen MR) is 77.6 cm³/mol. The minimum Gasteiger partial charge on any atom is -0.326 e. The van der Waals surface area contributed by atoms with Crippen LogP contribution in [0.3, 0.4) is 0 Å². The van der Waals surface area contributed by atoms with Crippen LogP contribution in [0.4, 0.5) is 0 Å². The minimum atomic E-state index is 0.186. The third kappa shape index (κ3) is 3.80. The van der Waals surface area contributed by atoms with Gasteiger partial charge in [0.1, 0.15) is 0 Å². The van der Waals surface area contributed by atoms with Crippen LogP contribution in [0.15, 0.2) is 11.4 Å². The molecule has 0 spiro atoms. The first kappa shape index (κ1) is 14.7. The van der Waals surface area contributed by atoms with Crippen molar-refractivity contribution in [1.29, 1.82) is 0 Å². The maximum atomic E-state index is 6.22. The van der Waals surface area contributed by atoms with Gasteiger partial charge in [0, 0.05) is 10.9 Å². The molecular formula is C14H26N2S. The van der Waals surface area contributed by atoms with Gasteiger partial charge in [0.25, 0.3) is 0 Å². The molecule has 2 unspecified atom stereocenters. The van der Waals surface area contributed by atoms with E-state index in [9.17, 15) is 0 Å². The molecule has 2 atom stereocenters. The molecule has 0 radical (unpaired) electrons. The molecule has 0 aliphatic heterocycles. The molecule has 1 aromatic rings. The normalized spacial score (nSPS) is 15.2. The van der Waals surface area contributed by atoms with Crippen molar-refractivity contribution in [1.82, 2.24) is 4.90 Å². The van der Waals surface area contributed by atoms with Gasteiger partial charge in [-0.1, -0.05) is 13.8 Å². The minimum absolute atomic E-state index is 0.186. The van der Waals surface area contributed by atoms with Crippen molar-refractivity contribution >= 4 is 11.3 Å². The van der Waals surface area contributed by atoms with Gasteiger partial charge < -0.3 is 5.73 Å². The van der Waals surface area contributed by atoms with Crippen molar-refractivity contribution in [3.8, 4) is 0 Å². The van der Waals surface area contributed by atoms with E-state index in [1.807, 2.05) is 11.3 Å². The van der Waals surface area contributed by atoms with Gasteiger partial charge in [-0.3, -0.25) is 4.90 Å². The van der Waals surface area contributed by atoms with E-state index in [2.05, 4.69) is 44.0 Å². The average Bonchev–Trinajstić information content (AvgIpc) is 2.65. The lowest BCUT2D eigenvalue weighted by Crippen LogP contribution is -2.40. The smallest absolute Gasteiger partial charge is 0.0593 e. The second kappa shape index (κ2) is 7.14. The molecule has 0 aliphatic rings. The molecule has 1 heterocycles. The summed E-state index contributed by atoms with van der Waals surface area (Å²) in [7, 11) is 0. The van der Waals surface area contributed by atoms with E-state index in [1.165, 1.54) is 23.3 Å². The van der Waals surface area contributed by atoms with Gasteiger partial charge in [-0.05, 0) is 56.8 Å². The first-order valence-electron chi connectivity index (χ1n) is 6.65. The number of aryl methyl sites for hydroxylation is 1. The van der Waals surface area contributed by atoms with Gasteiger partial charge in [0.15, 0.2) is 0 Å². The fraction of sp³-hybridized carbons (Fsp3) is 0.714. The van der Waals surface area contributed by atoms with Gasteiger partial charge in [0.2, 0.25) is 0 Å². The van der Waals surface area contributed by atoms with Crippen LogP contribution in [-0.2, 0) is 0 Å². The quantitative estimate of drug-likeness (QED) is 0.806. The molecular weight excluding hydrogens is 228 g/mol. The fourth-order valence-electron chi connectivity index (χ4n) is 2.39. The second-order valence-electron chi connectivity index (χ2n) is 4.81. The molecule has 0 aromatic carbocycles. The molecule has 17 heavy (non-hydrogen) atoms. The van der Waals surface area contributed by atoms with E-state index >= 15 is 0 Å². The first-order valence-corrected chi connectivity index (χ1v) is 7.53. The molecule has 98 valence electrons. The van der Waals surface area contributed by atoms with Crippen molar-refractivity contribution in [2.45, 2.75) is 52.6 Å². The molecule has 1 rings (SSSR count). The average molecular weight is 254 g/mol. The highest BCUT2D eigenvalue weighted by Gasteiger charge is 2.25. The Bertz CT molecular complexity index is 314. The summed E-state index contributed by atoms with van der Waals surface area (Å²) in [6.07, 6.45) is 2.38. The molecule has 3 heteroatoms. The maximum Gasteiger partial charge on any atom is 0.0593 e. The van der Waals surface area contributed by atoms with Crippen molar-refractivity contribution < 1.29 is 0 Å². The Labute approximate surface area is 110 Å². The van der Waals surface area contributed by atoms with E-state index in [0.29, 0.717) is 6.04 Å². The largest absolute Gasteiger partial charge is 0.326 e. The van der Waals surface area contributed by atoms with Gasteiger partial charge in [-0.2, -0.15) is 0 Å². The molecule has 2 N–H and O–H groups in total. The van der Waals surface area contributed by atoms with Crippen LogP contribution in [-0.4, -0.2) is 24.0 Å². The molecule has 2 nitrogen and oxygen atoms in total. The Balaban J connectivity index is 2.94. The van der Waals surface area contributed by atoms with E-state index in [1.54, 1.807) is 0 Å². The molecule has 0 saturated heterocycles. The first-order chi connectivity index (χ1) is 8.11. The van der Waals surface area contributed by atoms with Crippen LogP contribution in [0.2, 0.25) is 0 Å². The van der Waals surface area contributed by atoms with Crippen molar-refractivity contribution in [2.24, 2.45) is 5.73 Å². The molecule has 1 aromatic heterocycles. The Hall–Kier alpha value is -0.380. The van der Waals surface area contributed by atoms with Crippen LogP contribution in [0.5, 0.6) is 0 Å². The van der Waals surface area contributed by atoms with E-state index in [0.717, 1.165) is 13.1 Å². The zero-order chi connectivity index (χ0) is 12.8. The van der Waals surface area contributed by atoms with Crippen LogP contribution < -0.4 is 5.73 Å². The van der Waals surface area contributed by atoms with Crippen LogP contribution in [0.1, 0.15) is 50.1 Å². The second-order valence-corrected chi connectivity index (χ2v) is 5.76. The Kier molecular flexibility index (Phi) is 6.17. The highest BCUT2D eigenvalue weighted by atomic mass is 32.1. The fourth-order valence-corrected chi connectivity index (χ4v) is 3.56. The zero-order valence-corrected chi connectivity index (χ0v) is 12.4. The Morgan fingerprint density at radius 1 is 1.29 bits per heavy atom. The SMILES string of the molecule is CCCN(CCC)C(c1sccc1C)C(C)N. The van der Waals surface area contributed by atoms with Crippen molar-refractivity contribution in [3.63, 3.8) is 0 Å². The summed E-state index contributed by atoms with van der Waals surface area (Å²) in [5.41, 5.74) is 7.61. The number of thiophene rings is 1. The summed E-state index contributed by atoms with van der Waals surface area (Å²) in [6, 6.07) is 2.77. The number of hydrogen-bond acceptors (Lipinski definition) is 3. The Morgan fingerprint density at radius 3 is 2.24 bits per heavy atom. The van der Waals surface area contributed by atoms with Crippen molar-refractivity contribution in [2.75, 3.05) is 13.1 Å². The summed E-state index contributed by atoms with van der Waals surface area (Å²) in [6.45, 7) is 11.1. The summed E-state index contributed by atoms with van der Waals surface area (Å²) >= 11 is 1.84. The van der Waals surface area contributed by atoms with Crippen LogP contribution >= 0.6 is 11.3 Å². The van der Waals surface area contributed by atoms with Gasteiger partial charge >= 0.3 is 0 Å². The Morgan fingerprint density at radius 2 is 1.88 bits per heavy atom. The topological polar surface area (TPSA) is 29.3 Å². The van der Waals surface area contributed by atoms with Gasteiger partial charge in [-0.25, -0.2) is 0 Å². The van der Waals surface area contributed by atoms with E-state index < -0.39 is 0 Å². The summed E-state index contributed by atoms with van der Waals surface area (Å²) < 4.78 is 0. The third-order valence-corrected chi connectivity index (χ3v) is 4.17. The molecule has 0 aliphatic carbocycles. The lowest BCUT2D eigenvalue weighted by atomic mass is 10.0. The standard InChI is InChI=1S/C14H26N2S/c1-5-8-16(9-6-2)13(12(4)15)14-11(3)7-10-17-14/h7,10,12-13H,5-6,8-9,15H2,1-4H3. The number of hydrogen-bond donors (Lipinski definition) is 1.